The maximum atomic E-state index is 14.3. The fraction of sp³-hybridized carbons (Fsp3) is 0.282. The van der Waals surface area contributed by atoms with Gasteiger partial charge in [-0.3, -0.25) is 0 Å². The molecule has 12 heteroatoms. The molecule has 0 aliphatic heterocycles. The van der Waals surface area contributed by atoms with Crippen LogP contribution >= 0.6 is 0 Å². The lowest BCUT2D eigenvalue weighted by molar-refractivity contribution is 0.0705. The van der Waals surface area contributed by atoms with E-state index in [1.54, 1.807) is 84.9 Å². The van der Waals surface area contributed by atoms with Gasteiger partial charge in [0.15, 0.2) is 0 Å². The zero-order valence-electron chi connectivity index (χ0n) is 47.1. The first-order chi connectivity index (χ1) is 40.7. The van der Waals surface area contributed by atoms with Gasteiger partial charge in [0.25, 0.3) is 0 Å². The summed E-state index contributed by atoms with van der Waals surface area (Å²) < 4.78 is 69.4. The Morgan fingerprint density at radius 3 is 1.13 bits per heavy atom. The van der Waals surface area contributed by atoms with Crippen molar-refractivity contribution in [1.82, 2.24) is 0 Å². The zero-order valence-corrected chi connectivity index (χ0v) is 47.1. The van der Waals surface area contributed by atoms with Crippen LogP contribution in [0.4, 0.5) is 8.78 Å². The van der Waals surface area contributed by atoms with Gasteiger partial charge in [-0.2, -0.15) is 5.26 Å². The minimum Gasteiger partial charge on any atom is -0.494 e. The van der Waals surface area contributed by atoms with E-state index in [4.69, 9.17) is 33.2 Å². The number of benzene rings is 8. The molecular weight excluding hydrogens is 1050 g/mol. The van der Waals surface area contributed by atoms with Crippen molar-refractivity contribution in [3.8, 4) is 79.7 Å². The fourth-order valence-electron chi connectivity index (χ4n) is 9.19. The van der Waals surface area contributed by atoms with Crippen LogP contribution in [0, 0.1) is 23.0 Å². The van der Waals surface area contributed by atoms with E-state index in [2.05, 4.69) is 13.0 Å². The molecule has 10 nitrogen and oxygen atoms in total. The second-order valence-corrected chi connectivity index (χ2v) is 20.2. The number of ether oxygens (including phenoxy) is 7. The lowest BCUT2D eigenvalue weighted by Gasteiger charge is -2.15. The summed E-state index contributed by atoms with van der Waals surface area (Å²) in [6.45, 7) is 4.56. The SMILES string of the molecule is CCCCCCCCOc1ccc(C(=O)Oc2ccc(-c3ccc(C#N)cc3)cc2)c(OC(=O)c2cc(OCCCCCCOc3ccc(-c4ccc(F)cc4)cc3)cc(OCCCCCCOc3ccc(-c4ccc(F)cc4)cc3)c2)c1. The van der Waals surface area contributed by atoms with Crippen molar-refractivity contribution in [1.29, 1.82) is 5.26 Å². The molecule has 0 saturated heterocycles. The average molecular weight is 1120 g/mol. The molecule has 0 aromatic heterocycles. The monoisotopic (exact) mass is 1120 g/mol. The Balaban J connectivity index is 0.881. The summed E-state index contributed by atoms with van der Waals surface area (Å²) >= 11 is 0. The first-order valence-corrected chi connectivity index (χ1v) is 28.9. The molecule has 8 rings (SSSR count). The van der Waals surface area contributed by atoms with Crippen LogP contribution in [0.15, 0.2) is 182 Å². The number of carbonyl (C=O) groups excluding carboxylic acids is 2. The van der Waals surface area contributed by atoms with E-state index in [1.807, 2.05) is 72.8 Å². The molecule has 0 saturated carbocycles. The molecule has 8 aromatic rings. The number of nitriles is 1. The molecular formula is C71H71F2NO9. The summed E-state index contributed by atoms with van der Waals surface area (Å²) in [4.78, 5) is 28.3. The first kappa shape index (κ1) is 60.2. The Kier molecular flexibility index (Phi) is 23.5. The highest BCUT2D eigenvalue weighted by molar-refractivity contribution is 5.97. The van der Waals surface area contributed by atoms with Gasteiger partial charge in [-0.25, -0.2) is 18.4 Å². The third-order valence-corrected chi connectivity index (χ3v) is 13.9. The summed E-state index contributed by atoms with van der Waals surface area (Å²) in [5, 5.41) is 9.22. The summed E-state index contributed by atoms with van der Waals surface area (Å²) in [5.41, 5.74) is 6.38. The van der Waals surface area contributed by atoms with Crippen molar-refractivity contribution in [3.63, 3.8) is 0 Å². The number of carbonyl (C=O) groups is 2. The van der Waals surface area contributed by atoms with Crippen molar-refractivity contribution in [2.24, 2.45) is 0 Å². The number of esters is 2. The smallest absolute Gasteiger partial charge is 0.347 e. The third kappa shape index (κ3) is 19.6. The van der Waals surface area contributed by atoms with Crippen LogP contribution in [0.2, 0.25) is 0 Å². The van der Waals surface area contributed by atoms with E-state index in [1.165, 1.54) is 43.5 Å². The summed E-state index contributed by atoms with van der Waals surface area (Å²) in [7, 11) is 0. The van der Waals surface area contributed by atoms with Crippen LogP contribution in [-0.4, -0.2) is 45.0 Å². The van der Waals surface area contributed by atoms with Gasteiger partial charge in [-0.05, 0) is 188 Å². The minimum atomic E-state index is -0.732. The molecule has 0 unspecified atom stereocenters. The fourth-order valence-corrected chi connectivity index (χ4v) is 9.19. The molecule has 0 N–H and O–H groups in total. The Hall–Kier alpha value is -8.95. The maximum Gasteiger partial charge on any atom is 0.347 e. The summed E-state index contributed by atoms with van der Waals surface area (Å²) in [6, 6.07) is 54.5. The third-order valence-electron chi connectivity index (χ3n) is 13.9. The largest absolute Gasteiger partial charge is 0.494 e. The Labute approximate surface area is 486 Å². The van der Waals surface area contributed by atoms with Gasteiger partial charge < -0.3 is 33.2 Å². The lowest BCUT2D eigenvalue weighted by Crippen LogP contribution is -2.15. The molecule has 0 bridgehead atoms. The quantitative estimate of drug-likeness (QED) is 0.0223. The van der Waals surface area contributed by atoms with Gasteiger partial charge in [0, 0.05) is 12.1 Å². The molecule has 0 heterocycles. The van der Waals surface area contributed by atoms with Crippen molar-refractivity contribution in [3.05, 3.63) is 210 Å². The second kappa shape index (κ2) is 32.5. The molecule has 0 aliphatic carbocycles. The highest BCUT2D eigenvalue weighted by Crippen LogP contribution is 2.32. The van der Waals surface area contributed by atoms with Gasteiger partial charge in [0.1, 0.15) is 57.4 Å². The van der Waals surface area contributed by atoms with E-state index in [0.29, 0.717) is 61.6 Å². The predicted molar refractivity (Wildman–Crippen MR) is 321 cm³/mol. The molecule has 0 spiro atoms. The zero-order chi connectivity index (χ0) is 57.9. The number of rotatable bonds is 33. The van der Waals surface area contributed by atoms with Crippen LogP contribution in [0.1, 0.15) is 123 Å². The molecule has 428 valence electrons. The highest BCUT2D eigenvalue weighted by atomic mass is 19.1. The molecule has 0 aliphatic rings. The Morgan fingerprint density at radius 1 is 0.361 bits per heavy atom. The first-order valence-electron chi connectivity index (χ1n) is 28.9. The van der Waals surface area contributed by atoms with Crippen LogP contribution in [0.3, 0.4) is 0 Å². The number of unbranched alkanes of at least 4 members (excludes halogenated alkanes) is 11. The predicted octanol–water partition coefficient (Wildman–Crippen LogP) is 18.1. The highest BCUT2D eigenvalue weighted by Gasteiger charge is 2.22. The molecule has 83 heavy (non-hydrogen) atoms. The maximum absolute atomic E-state index is 14.3. The summed E-state index contributed by atoms with van der Waals surface area (Å²) in [5.74, 6) is 1.13. The van der Waals surface area contributed by atoms with Crippen LogP contribution in [-0.2, 0) is 0 Å². The van der Waals surface area contributed by atoms with Crippen LogP contribution in [0.25, 0.3) is 33.4 Å². The number of hydrogen-bond acceptors (Lipinski definition) is 10. The van der Waals surface area contributed by atoms with Gasteiger partial charge in [-0.1, -0.05) is 112 Å². The normalized spacial score (nSPS) is 10.9. The van der Waals surface area contributed by atoms with Crippen molar-refractivity contribution in [2.75, 3.05) is 33.0 Å². The lowest BCUT2D eigenvalue weighted by atomic mass is 10.0. The van der Waals surface area contributed by atoms with E-state index in [-0.39, 0.29) is 28.5 Å². The van der Waals surface area contributed by atoms with Crippen LogP contribution in [0.5, 0.6) is 40.2 Å². The van der Waals surface area contributed by atoms with Crippen LogP contribution < -0.4 is 33.2 Å². The number of nitrogens with zero attached hydrogens (tertiary/aromatic N) is 1. The molecule has 0 fully saturated rings. The van der Waals surface area contributed by atoms with E-state index in [9.17, 15) is 23.6 Å². The molecule has 8 aromatic carbocycles. The Morgan fingerprint density at radius 2 is 0.711 bits per heavy atom. The molecule has 0 atom stereocenters. The minimum absolute atomic E-state index is 0.0274. The van der Waals surface area contributed by atoms with E-state index >= 15 is 0 Å². The van der Waals surface area contributed by atoms with Gasteiger partial charge in [0.2, 0.25) is 0 Å². The Bertz CT molecular complexity index is 3180. The average Bonchev–Trinajstić information content (AvgIpc) is 3.67. The van der Waals surface area contributed by atoms with E-state index < -0.39 is 11.9 Å². The topological polar surface area (TPSA) is 123 Å². The van der Waals surface area contributed by atoms with Gasteiger partial charge >= 0.3 is 11.9 Å². The van der Waals surface area contributed by atoms with Crippen molar-refractivity contribution >= 4 is 11.9 Å². The standard InChI is InChI=1S/C71H71F2NO9/c1-2-3-4-5-6-11-44-79-65-40-41-68(71(76)82-64-38-28-58(29-39-64)53-18-16-52(51-74)17-19-53)69(50-65)83-70(75)59-47-66(80-45-14-9-7-12-42-77-62-34-24-56(25-35-62)54-20-30-60(72)31-21-54)49-67(48-59)81-46-15-10-8-13-43-78-63-36-26-57(27-37-63)55-22-32-61(73)33-23-55/h16-41,47-50H,2-15,42-46H2,1H3. The number of halogens is 2. The van der Waals surface area contributed by atoms with Crippen molar-refractivity contribution in [2.45, 2.75) is 96.8 Å². The summed E-state index contributed by atoms with van der Waals surface area (Å²) in [6.07, 6.45) is 13.4. The molecule has 0 amide bonds. The van der Waals surface area contributed by atoms with Gasteiger partial charge in [-0.15, -0.1) is 0 Å². The second-order valence-electron chi connectivity index (χ2n) is 20.2. The van der Waals surface area contributed by atoms with Crippen molar-refractivity contribution < 1.29 is 51.5 Å². The van der Waals surface area contributed by atoms with E-state index in [0.717, 1.165) is 116 Å². The molecule has 0 radical (unpaired) electrons. The van der Waals surface area contributed by atoms with Gasteiger partial charge in [0.05, 0.1) is 50.2 Å². The number of hydrogen-bond donors (Lipinski definition) is 0.